The zero-order chi connectivity index (χ0) is 13.7. The Balaban J connectivity index is 2.02. The Bertz CT molecular complexity index is 425. The van der Waals surface area contributed by atoms with E-state index >= 15 is 0 Å². The van der Waals surface area contributed by atoms with Crippen molar-refractivity contribution >= 4 is 11.6 Å². The van der Waals surface area contributed by atoms with Crippen LogP contribution in [0.25, 0.3) is 0 Å². The molecule has 1 N–H and O–H groups in total. The van der Waals surface area contributed by atoms with E-state index in [4.69, 9.17) is 25.8 Å². The van der Waals surface area contributed by atoms with Crippen LogP contribution in [0.1, 0.15) is 18.9 Å². The SMILES string of the molecule is COC(C)CNCc1cc(Cl)c2c(c1)OCCCO2. The van der Waals surface area contributed by atoms with Crippen molar-refractivity contribution in [2.75, 3.05) is 26.9 Å². The van der Waals surface area contributed by atoms with Gasteiger partial charge in [-0.25, -0.2) is 0 Å². The number of ether oxygens (including phenoxy) is 3. The summed E-state index contributed by atoms with van der Waals surface area (Å²) in [6, 6.07) is 3.90. The fourth-order valence-electron chi connectivity index (χ4n) is 1.89. The Morgan fingerprint density at radius 3 is 2.95 bits per heavy atom. The fraction of sp³-hybridized carbons (Fsp3) is 0.571. The zero-order valence-electron chi connectivity index (χ0n) is 11.4. The number of fused-ring (bicyclic) bond motifs is 1. The van der Waals surface area contributed by atoms with Crippen LogP contribution in [0.2, 0.25) is 5.02 Å². The summed E-state index contributed by atoms with van der Waals surface area (Å²) < 4.78 is 16.4. The van der Waals surface area contributed by atoms with E-state index in [2.05, 4.69) is 5.32 Å². The van der Waals surface area contributed by atoms with Crippen molar-refractivity contribution in [3.05, 3.63) is 22.7 Å². The highest BCUT2D eigenvalue weighted by atomic mass is 35.5. The Morgan fingerprint density at radius 1 is 1.37 bits per heavy atom. The summed E-state index contributed by atoms with van der Waals surface area (Å²) in [4.78, 5) is 0. The van der Waals surface area contributed by atoms with Gasteiger partial charge in [-0.2, -0.15) is 0 Å². The first kappa shape index (κ1) is 14.4. The van der Waals surface area contributed by atoms with Gasteiger partial charge >= 0.3 is 0 Å². The van der Waals surface area contributed by atoms with Gasteiger partial charge in [-0.05, 0) is 24.6 Å². The second-order valence-electron chi connectivity index (χ2n) is 4.63. The normalized spacial score (nSPS) is 15.9. The van der Waals surface area contributed by atoms with Gasteiger partial charge in [-0.15, -0.1) is 0 Å². The summed E-state index contributed by atoms with van der Waals surface area (Å²) in [5, 5.41) is 3.93. The van der Waals surface area contributed by atoms with Crippen molar-refractivity contribution in [3.8, 4) is 11.5 Å². The van der Waals surface area contributed by atoms with Gasteiger partial charge in [0.05, 0.1) is 24.3 Å². The lowest BCUT2D eigenvalue weighted by Gasteiger charge is -2.13. The topological polar surface area (TPSA) is 39.7 Å². The van der Waals surface area contributed by atoms with Gasteiger partial charge in [0.15, 0.2) is 11.5 Å². The van der Waals surface area contributed by atoms with Crippen LogP contribution in [-0.2, 0) is 11.3 Å². The molecule has 0 aromatic heterocycles. The average Bonchev–Trinajstić information content (AvgIpc) is 2.64. The molecule has 0 amide bonds. The number of rotatable bonds is 5. The van der Waals surface area contributed by atoms with Gasteiger partial charge < -0.3 is 19.5 Å². The monoisotopic (exact) mass is 285 g/mol. The van der Waals surface area contributed by atoms with Gasteiger partial charge in [0.2, 0.25) is 0 Å². The Hall–Kier alpha value is -0.970. The van der Waals surface area contributed by atoms with E-state index in [1.54, 1.807) is 7.11 Å². The van der Waals surface area contributed by atoms with Crippen LogP contribution in [0.15, 0.2) is 12.1 Å². The summed E-state index contributed by atoms with van der Waals surface area (Å²) in [5.74, 6) is 1.40. The molecule has 106 valence electrons. The number of methoxy groups -OCH3 is 1. The average molecular weight is 286 g/mol. The molecule has 1 aliphatic rings. The third kappa shape index (κ3) is 4.00. The smallest absolute Gasteiger partial charge is 0.179 e. The third-order valence-corrected chi connectivity index (χ3v) is 3.31. The van der Waals surface area contributed by atoms with Crippen LogP contribution >= 0.6 is 11.6 Å². The van der Waals surface area contributed by atoms with Crippen LogP contribution in [0, 0.1) is 0 Å². The highest BCUT2D eigenvalue weighted by Gasteiger charge is 2.15. The van der Waals surface area contributed by atoms with Gasteiger partial charge in [-0.3, -0.25) is 0 Å². The van der Waals surface area contributed by atoms with E-state index in [1.165, 1.54) is 0 Å². The second-order valence-corrected chi connectivity index (χ2v) is 5.04. The van der Waals surface area contributed by atoms with Crippen molar-refractivity contribution in [1.29, 1.82) is 0 Å². The molecular weight excluding hydrogens is 266 g/mol. The number of halogens is 1. The van der Waals surface area contributed by atoms with Crippen LogP contribution in [-0.4, -0.2) is 33.0 Å². The quantitative estimate of drug-likeness (QED) is 0.903. The van der Waals surface area contributed by atoms with E-state index in [9.17, 15) is 0 Å². The molecule has 0 spiro atoms. The lowest BCUT2D eigenvalue weighted by Crippen LogP contribution is -2.25. The molecule has 5 heteroatoms. The molecule has 1 atom stereocenters. The molecule has 2 rings (SSSR count). The van der Waals surface area contributed by atoms with E-state index in [0.29, 0.717) is 24.0 Å². The minimum Gasteiger partial charge on any atom is -0.489 e. The van der Waals surface area contributed by atoms with Crippen LogP contribution in [0.4, 0.5) is 0 Å². The third-order valence-electron chi connectivity index (χ3n) is 3.03. The zero-order valence-corrected chi connectivity index (χ0v) is 12.1. The molecule has 1 unspecified atom stereocenters. The Kier molecular flexibility index (Phi) is 5.31. The van der Waals surface area contributed by atoms with Crippen molar-refractivity contribution in [2.45, 2.75) is 26.0 Å². The molecule has 1 aliphatic heterocycles. The first-order chi connectivity index (χ1) is 9.20. The predicted octanol–water partition coefficient (Wildman–Crippen LogP) is 2.63. The van der Waals surface area contributed by atoms with Gasteiger partial charge in [-0.1, -0.05) is 11.6 Å². The number of hydrogen-bond donors (Lipinski definition) is 1. The number of nitrogens with one attached hydrogen (secondary N) is 1. The number of benzene rings is 1. The molecule has 4 nitrogen and oxygen atoms in total. The Morgan fingerprint density at radius 2 is 2.16 bits per heavy atom. The molecule has 0 radical (unpaired) electrons. The summed E-state index contributed by atoms with van der Waals surface area (Å²) in [5.41, 5.74) is 1.08. The molecule has 19 heavy (non-hydrogen) atoms. The molecule has 1 aromatic carbocycles. The van der Waals surface area contributed by atoms with Crippen LogP contribution < -0.4 is 14.8 Å². The lowest BCUT2D eigenvalue weighted by atomic mass is 10.2. The molecule has 1 aromatic rings. The van der Waals surface area contributed by atoms with Gasteiger partial charge in [0.1, 0.15) is 0 Å². The van der Waals surface area contributed by atoms with Crippen molar-refractivity contribution in [2.24, 2.45) is 0 Å². The molecule has 0 saturated heterocycles. The van der Waals surface area contributed by atoms with Gasteiger partial charge in [0, 0.05) is 26.6 Å². The maximum Gasteiger partial charge on any atom is 0.179 e. The van der Waals surface area contributed by atoms with Crippen LogP contribution in [0.5, 0.6) is 11.5 Å². The minimum atomic E-state index is 0.191. The second kappa shape index (κ2) is 6.98. The van der Waals surface area contributed by atoms with Gasteiger partial charge in [0.25, 0.3) is 0 Å². The highest BCUT2D eigenvalue weighted by molar-refractivity contribution is 6.32. The molecule has 0 aliphatic carbocycles. The minimum absolute atomic E-state index is 0.191. The Labute approximate surface area is 119 Å². The molecule has 0 saturated carbocycles. The highest BCUT2D eigenvalue weighted by Crippen LogP contribution is 2.37. The van der Waals surface area contributed by atoms with E-state index in [0.717, 1.165) is 30.8 Å². The van der Waals surface area contributed by atoms with E-state index in [-0.39, 0.29) is 6.10 Å². The maximum absolute atomic E-state index is 6.23. The first-order valence-electron chi connectivity index (χ1n) is 6.52. The molecule has 1 heterocycles. The standard InChI is InChI=1S/C14H20ClNO3/c1-10(17-2)8-16-9-11-6-12(15)14-13(7-11)18-4-3-5-19-14/h6-7,10,16H,3-5,8-9H2,1-2H3. The predicted molar refractivity (Wildman–Crippen MR) is 75.2 cm³/mol. The van der Waals surface area contributed by atoms with Crippen LogP contribution in [0.3, 0.4) is 0 Å². The first-order valence-corrected chi connectivity index (χ1v) is 6.90. The largest absolute Gasteiger partial charge is 0.489 e. The number of hydrogen-bond acceptors (Lipinski definition) is 4. The van der Waals surface area contributed by atoms with E-state index < -0.39 is 0 Å². The molecule has 0 bridgehead atoms. The fourth-order valence-corrected chi connectivity index (χ4v) is 2.18. The van der Waals surface area contributed by atoms with Crippen molar-refractivity contribution in [3.63, 3.8) is 0 Å². The van der Waals surface area contributed by atoms with Crippen molar-refractivity contribution < 1.29 is 14.2 Å². The summed E-state index contributed by atoms with van der Waals surface area (Å²) in [7, 11) is 1.71. The lowest BCUT2D eigenvalue weighted by molar-refractivity contribution is 0.117. The summed E-state index contributed by atoms with van der Waals surface area (Å²) in [6.07, 6.45) is 1.07. The van der Waals surface area contributed by atoms with Crippen molar-refractivity contribution in [1.82, 2.24) is 5.32 Å². The molecular formula is C14H20ClNO3. The summed E-state index contributed by atoms with van der Waals surface area (Å²) in [6.45, 7) is 4.86. The maximum atomic E-state index is 6.23. The van der Waals surface area contributed by atoms with E-state index in [1.807, 2.05) is 19.1 Å². The molecule has 0 fully saturated rings. The summed E-state index contributed by atoms with van der Waals surface area (Å²) >= 11 is 6.23.